The van der Waals surface area contributed by atoms with Crippen LogP contribution < -0.4 is 15.8 Å². The number of fused-ring (bicyclic) bond motifs is 2. The van der Waals surface area contributed by atoms with E-state index >= 15 is 0 Å². The Bertz CT molecular complexity index is 1240. The highest BCUT2D eigenvalue weighted by Crippen LogP contribution is 2.39. The molecule has 2 aliphatic rings. The molecule has 5 rings (SSSR count). The number of thioether (sulfide) groups is 1. The summed E-state index contributed by atoms with van der Waals surface area (Å²) in [6.45, 7) is 0. The van der Waals surface area contributed by atoms with Gasteiger partial charge in [-0.3, -0.25) is 4.99 Å². The number of aryl methyl sites for hydroxylation is 1. The molecule has 1 aliphatic heterocycles. The molecule has 3 aromatic rings. The third-order valence-electron chi connectivity index (χ3n) is 5.53. The smallest absolute Gasteiger partial charge is 0.193 e. The van der Waals surface area contributed by atoms with E-state index in [9.17, 15) is 0 Å². The van der Waals surface area contributed by atoms with E-state index < -0.39 is 0 Å². The van der Waals surface area contributed by atoms with Gasteiger partial charge in [0.05, 0.1) is 29.7 Å². The lowest BCUT2D eigenvalue weighted by Crippen LogP contribution is -2.07. The lowest BCUT2D eigenvalue weighted by molar-refractivity contribution is 0.290. The minimum absolute atomic E-state index is 0.213. The topological polar surface area (TPSA) is 94.7 Å². The number of benzene rings is 2. The molecular formula is C24H25N5O2S. The Balaban J connectivity index is 1.62. The zero-order valence-corrected chi connectivity index (χ0v) is 18.9. The van der Waals surface area contributed by atoms with Gasteiger partial charge in [0.15, 0.2) is 5.88 Å². The summed E-state index contributed by atoms with van der Waals surface area (Å²) in [6.07, 6.45) is 6.68. The largest absolute Gasteiger partial charge is 0.490 e. The van der Waals surface area contributed by atoms with E-state index in [2.05, 4.69) is 38.5 Å². The van der Waals surface area contributed by atoms with E-state index in [4.69, 9.17) is 15.2 Å². The Morgan fingerprint density at radius 2 is 2.12 bits per heavy atom. The molecule has 0 bridgehead atoms. The molecule has 32 heavy (non-hydrogen) atoms. The molecule has 0 radical (unpaired) electrons. The van der Waals surface area contributed by atoms with Crippen molar-refractivity contribution in [3.63, 3.8) is 0 Å². The van der Waals surface area contributed by atoms with E-state index in [0.717, 1.165) is 58.7 Å². The highest BCUT2D eigenvalue weighted by Gasteiger charge is 2.26. The number of methoxy groups -OCH3 is 1. The van der Waals surface area contributed by atoms with Gasteiger partial charge < -0.3 is 20.5 Å². The monoisotopic (exact) mass is 447 g/mol. The van der Waals surface area contributed by atoms with Gasteiger partial charge in [0.2, 0.25) is 0 Å². The van der Waals surface area contributed by atoms with Crippen molar-refractivity contribution in [1.82, 2.24) is 9.97 Å². The Morgan fingerprint density at radius 1 is 1.25 bits per heavy atom. The van der Waals surface area contributed by atoms with Crippen LogP contribution in [0.3, 0.4) is 0 Å². The zero-order chi connectivity index (χ0) is 22.1. The molecule has 3 N–H and O–H groups in total. The molecule has 2 aromatic carbocycles. The molecule has 1 fully saturated rings. The van der Waals surface area contributed by atoms with E-state index in [1.54, 1.807) is 26.7 Å². The number of hydrogen-bond donors (Lipinski definition) is 2. The zero-order valence-electron chi connectivity index (χ0n) is 18.1. The van der Waals surface area contributed by atoms with Crippen LogP contribution in [0.2, 0.25) is 0 Å². The van der Waals surface area contributed by atoms with Crippen LogP contribution in [0, 0.1) is 0 Å². The Hall–Kier alpha value is -3.26. The van der Waals surface area contributed by atoms with Crippen LogP contribution >= 0.6 is 11.8 Å². The first kappa shape index (κ1) is 20.6. The highest BCUT2D eigenvalue weighted by molar-refractivity contribution is 7.99. The molecular weight excluding hydrogens is 422 g/mol. The van der Waals surface area contributed by atoms with Crippen molar-refractivity contribution in [2.45, 2.75) is 30.3 Å². The van der Waals surface area contributed by atoms with Gasteiger partial charge in [-0.1, -0.05) is 6.07 Å². The van der Waals surface area contributed by atoms with Crippen molar-refractivity contribution in [2.24, 2.45) is 10.7 Å². The molecule has 0 saturated heterocycles. The minimum atomic E-state index is 0.213. The van der Waals surface area contributed by atoms with E-state index in [-0.39, 0.29) is 12.0 Å². The third-order valence-corrected chi connectivity index (χ3v) is 6.63. The lowest BCUT2D eigenvalue weighted by Gasteiger charge is -2.16. The first-order valence-electron chi connectivity index (χ1n) is 10.6. The summed E-state index contributed by atoms with van der Waals surface area (Å²) in [6, 6.07) is 10.4. The van der Waals surface area contributed by atoms with Crippen molar-refractivity contribution in [2.75, 3.05) is 25.2 Å². The molecule has 0 unspecified atom stereocenters. The number of anilines is 2. The molecule has 0 atom stereocenters. The molecule has 164 valence electrons. The number of nitrogens with two attached hydrogens (primary N) is 1. The van der Waals surface area contributed by atoms with Crippen molar-refractivity contribution in [1.29, 1.82) is 0 Å². The van der Waals surface area contributed by atoms with Crippen molar-refractivity contribution < 1.29 is 9.47 Å². The molecule has 0 amide bonds. The third kappa shape index (κ3) is 4.10. The maximum absolute atomic E-state index is 6.30. The summed E-state index contributed by atoms with van der Waals surface area (Å²) in [5, 5.41) is 4.33. The maximum Gasteiger partial charge on any atom is 0.193 e. The molecule has 7 nitrogen and oxygen atoms in total. The van der Waals surface area contributed by atoms with Crippen LogP contribution in [0.1, 0.15) is 24.0 Å². The van der Waals surface area contributed by atoms with Crippen LogP contribution in [-0.4, -0.2) is 42.2 Å². The van der Waals surface area contributed by atoms with Gasteiger partial charge in [-0.25, -0.2) is 9.97 Å². The van der Waals surface area contributed by atoms with Crippen molar-refractivity contribution in [3.8, 4) is 5.75 Å². The van der Waals surface area contributed by atoms with Gasteiger partial charge >= 0.3 is 0 Å². The Kier molecular flexibility index (Phi) is 5.61. The van der Waals surface area contributed by atoms with Gasteiger partial charge in [0.25, 0.3) is 0 Å². The van der Waals surface area contributed by atoms with E-state index in [1.807, 2.05) is 23.9 Å². The van der Waals surface area contributed by atoms with Gasteiger partial charge in [-0.05, 0) is 54.7 Å². The molecule has 1 aromatic heterocycles. The predicted molar refractivity (Wildman–Crippen MR) is 130 cm³/mol. The second-order valence-corrected chi connectivity index (χ2v) is 8.96. The Labute approximate surface area is 191 Å². The fourth-order valence-electron chi connectivity index (χ4n) is 3.76. The van der Waals surface area contributed by atoms with Gasteiger partial charge in [0.1, 0.15) is 17.9 Å². The van der Waals surface area contributed by atoms with E-state index in [0.29, 0.717) is 5.57 Å². The first-order chi connectivity index (χ1) is 15.7. The number of ether oxygens (including phenoxy) is 2. The fraction of sp³-hybridized carbons (Fsp3) is 0.292. The normalized spacial score (nSPS) is 16.2. The second-order valence-electron chi connectivity index (χ2n) is 7.82. The molecule has 1 aliphatic carbocycles. The average molecular weight is 448 g/mol. The Morgan fingerprint density at radius 3 is 2.91 bits per heavy atom. The number of nitrogens with zero attached hydrogens (tertiary/aromatic N) is 3. The molecule has 0 spiro atoms. The fourth-order valence-corrected chi connectivity index (χ4v) is 4.87. The van der Waals surface area contributed by atoms with Crippen LogP contribution in [0.4, 0.5) is 11.5 Å². The number of rotatable bonds is 7. The standard InChI is InChI=1S/C24H25N5O2S/c1-26-12-18(23(25)30-2)15-9-19-22(20(10-15)31-17-5-6-17)24(28-13-27-19)29-16-4-3-14-7-8-32-21(14)11-16/h3-4,9-13,17H,5-8,25H2,1-2H3,(H,27,28,29). The van der Waals surface area contributed by atoms with E-state index in [1.165, 1.54) is 10.5 Å². The average Bonchev–Trinajstić information content (AvgIpc) is 3.50. The van der Waals surface area contributed by atoms with Gasteiger partial charge in [-0.15, -0.1) is 11.8 Å². The van der Waals surface area contributed by atoms with Gasteiger partial charge in [-0.2, -0.15) is 0 Å². The summed E-state index contributed by atoms with van der Waals surface area (Å²) in [5.41, 5.74) is 10.8. The molecule has 2 heterocycles. The molecule has 8 heteroatoms. The maximum atomic E-state index is 6.30. The number of hydrogen-bond acceptors (Lipinski definition) is 8. The summed E-state index contributed by atoms with van der Waals surface area (Å²) in [4.78, 5) is 14.5. The minimum Gasteiger partial charge on any atom is -0.490 e. The number of nitrogens with one attached hydrogen (secondary N) is 1. The van der Waals surface area contributed by atoms with Crippen molar-refractivity contribution in [3.05, 3.63) is 53.7 Å². The van der Waals surface area contributed by atoms with Crippen LogP contribution in [-0.2, 0) is 11.2 Å². The van der Waals surface area contributed by atoms with Crippen LogP contribution in [0.5, 0.6) is 5.75 Å². The number of aromatic nitrogens is 2. The van der Waals surface area contributed by atoms with Crippen LogP contribution in [0.25, 0.3) is 16.5 Å². The number of allylic oxidation sites excluding steroid dienone is 1. The summed E-state index contributed by atoms with van der Waals surface area (Å²) < 4.78 is 11.6. The van der Waals surface area contributed by atoms with Gasteiger partial charge in [0, 0.05) is 29.6 Å². The summed E-state index contributed by atoms with van der Waals surface area (Å²) in [5.74, 6) is 2.87. The second kappa shape index (κ2) is 8.70. The first-order valence-corrected chi connectivity index (χ1v) is 11.6. The molecule has 1 saturated carbocycles. The lowest BCUT2D eigenvalue weighted by atomic mass is 10.0. The predicted octanol–water partition coefficient (Wildman–Crippen LogP) is 4.54. The quantitative estimate of drug-likeness (QED) is 0.406. The highest BCUT2D eigenvalue weighted by atomic mass is 32.2. The number of aliphatic imine (C=N–C) groups is 1. The SMILES string of the molecule is CN=CC(=C(N)OC)c1cc(OC2CC2)c2c(Nc3ccc4c(c3)SCC4)ncnc2c1. The summed E-state index contributed by atoms with van der Waals surface area (Å²) in [7, 11) is 3.24. The summed E-state index contributed by atoms with van der Waals surface area (Å²) >= 11 is 1.89. The van der Waals surface area contributed by atoms with Crippen molar-refractivity contribution >= 4 is 46.0 Å². The van der Waals surface area contributed by atoms with Crippen LogP contribution in [0.15, 0.2) is 52.4 Å².